The number of benzene rings is 2. The lowest BCUT2D eigenvalue weighted by molar-refractivity contribution is -0.141. The van der Waals surface area contributed by atoms with Gasteiger partial charge in [-0.3, -0.25) is 9.59 Å². The molecule has 4 atom stereocenters. The van der Waals surface area contributed by atoms with Gasteiger partial charge in [0.2, 0.25) is 5.91 Å². The normalized spacial score (nSPS) is 20.6. The maximum Gasteiger partial charge on any atom is 0.407 e. The van der Waals surface area contributed by atoms with Gasteiger partial charge in [0.15, 0.2) is 0 Å². The van der Waals surface area contributed by atoms with Gasteiger partial charge in [0.05, 0.1) is 5.92 Å². The molecule has 0 aromatic heterocycles. The third kappa shape index (κ3) is 4.93. The van der Waals surface area contributed by atoms with E-state index >= 15 is 0 Å². The predicted molar refractivity (Wildman–Crippen MR) is 128 cm³/mol. The molecule has 0 aliphatic heterocycles. The molecule has 2 unspecified atom stereocenters. The molecule has 180 valence electrons. The maximum absolute atomic E-state index is 13.0. The minimum atomic E-state index is -0.827. The van der Waals surface area contributed by atoms with Crippen LogP contribution >= 0.6 is 0 Å². The molecular weight excluding hydrogens is 432 g/mol. The molecule has 2 amide bonds. The summed E-state index contributed by atoms with van der Waals surface area (Å²) >= 11 is 0. The molecule has 0 heterocycles. The monoisotopic (exact) mass is 464 g/mol. The molecule has 7 nitrogen and oxygen atoms in total. The Morgan fingerprint density at radius 1 is 1.03 bits per heavy atom. The largest absolute Gasteiger partial charge is 0.481 e. The van der Waals surface area contributed by atoms with Crippen LogP contribution in [0.3, 0.4) is 0 Å². The number of carboxylic acids is 1. The first-order valence-corrected chi connectivity index (χ1v) is 12.0. The van der Waals surface area contributed by atoms with E-state index in [1.54, 1.807) is 0 Å². The molecule has 2 aliphatic carbocycles. The zero-order valence-corrected chi connectivity index (χ0v) is 19.6. The minimum absolute atomic E-state index is 0.0551. The van der Waals surface area contributed by atoms with Gasteiger partial charge >= 0.3 is 12.1 Å². The number of ether oxygens (including phenoxy) is 1. The average Bonchev–Trinajstić information content (AvgIpc) is 3.43. The Hall–Kier alpha value is -3.35. The highest BCUT2D eigenvalue weighted by atomic mass is 16.5. The Balaban J connectivity index is 1.38. The topological polar surface area (TPSA) is 105 Å². The fourth-order valence-corrected chi connectivity index (χ4v) is 5.10. The van der Waals surface area contributed by atoms with Crippen molar-refractivity contribution in [3.63, 3.8) is 0 Å². The van der Waals surface area contributed by atoms with E-state index in [0.717, 1.165) is 22.3 Å². The Bertz CT molecular complexity index is 1020. The third-order valence-corrected chi connectivity index (χ3v) is 7.24. The van der Waals surface area contributed by atoms with Gasteiger partial charge in [-0.05, 0) is 47.4 Å². The first kappa shape index (κ1) is 23.8. The molecular formula is C27H32N2O5. The van der Waals surface area contributed by atoms with E-state index in [2.05, 4.69) is 34.9 Å². The number of aliphatic carboxylic acids is 1. The number of rotatable bonds is 8. The van der Waals surface area contributed by atoms with Crippen molar-refractivity contribution in [2.75, 3.05) is 6.61 Å². The van der Waals surface area contributed by atoms with Crippen LogP contribution in [0.1, 0.15) is 56.6 Å². The zero-order chi connectivity index (χ0) is 24.2. The number of carboxylic acid groups (broad SMARTS) is 1. The lowest BCUT2D eigenvalue weighted by Gasteiger charge is -2.25. The van der Waals surface area contributed by atoms with Gasteiger partial charge in [-0.2, -0.15) is 0 Å². The summed E-state index contributed by atoms with van der Waals surface area (Å²) in [5.74, 6) is -1.70. The molecule has 1 saturated carbocycles. The van der Waals surface area contributed by atoms with Crippen LogP contribution in [0.15, 0.2) is 48.5 Å². The van der Waals surface area contributed by atoms with Crippen LogP contribution in [0.2, 0.25) is 0 Å². The first-order chi connectivity index (χ1) is 16.4. The van der Waals surface area contributed by atoms with E-state index < -0.39 is 24.0 Å². The van der Waals surface area contributed by atoms with Gasteiger partial charge in [-0.25, -0.2) is 4.79 Å². The van der Waals surface area contributed by atoms with E-state index in [0.29, 0.717) is 25.7 Å². The van der Waals surface area contributed by atoms with Crippen molar-refractivity contribution in [3.8, 4) is 11.1 Å². The van der Waals surface area contributed by atoms with Crippen molar-refractivity contribution < 1.29 is 24.2 Å². The molecule has 4 rings (SSSR count). The molecule has 1 fully saturated rings. The van der Waals surface area contributed by atoms with E-state index in [1.807, 2.05) is 38.1 Å². The number of carbonyl (C=O) groups is 3. The van der Waals surface area contributed by atoms with Gasteiger partial charge in [0.1, 0.15) is 12.6 Å². The number of alkyl carbamates (subject to hydrolysis) is 1. The van der Waals surface area contributed by atoms with Gasteiger partial charge in [-0.15, -0.1) is 0 Å². The number of fused-ring (bicyclic) bond motifs is 3. The highest BCUT2D eigenvalue weighted by Crippen LogP contribution is 2.44. The fraction of sp³-hybridized carbons (Fsp3) is 0.444. The molecule has 0 saturated heterocycles. The van der Waals surface area contributed by atoms with Crippen LogP contribution in [0, 0.1) is 11.8 Å². The molecule has 0 spiro atoms. The van der Waals surface area contributed by atoms with Gasteiger partial charge in [0.25, 0.3) is 0 Å². The number of hydrogen-bond donors (Lipinski definition) is 3. The van der Waals surface area contributed by atoms with E-state index in [1.165, 1.54) is 0 Å². The summed E-state index contributed by atoms with van der Waals surface area (Å²) in [6.45, 7) is 4.04. The van der Waals surface area contributed by atoms with Crippen molar-refractivity contribution in [1.82, 2.24) is 10.6 Å². The second-order valence-corrected chi connectivity index (χ2v) is 9.39. The third-order valence-electron chi connectivity index (χ3n) is 7.24. The Kier molecular flexibility index (Phi) is 7.20. The summed E-state index contributed by atoms with van der Waals surface area (Å²) in [6, 6.07) is 15.3. The van der Waals surface area contributed by atoms with Gasteiger partial charge < -0.3 is 20.5 Å². The zero-order valence-electron chi connectivity index (χ0n) is 19.6. The second-order valence-electron chi connectivity index (χ2n) is 9.39. The summed E-state index contributed by atoms with van der Waals surface area (Å²) < 4.78 is 5.63. The first-order valence-electron chi connectivity index (χ1n) is 12.0. The fourth-order valence-electron chi connectivity index (χ4n) is 5.10. The molecule has 0 radical (unpaired) electrons. The van der Waals surface area contributed by atoms with E-state index in [4.69, 9.17) is 4.74 Å². The molecule has 2 aliphatic rings. The quantitative estimate of drug-likeness (QED) is 0.540. The number of hydrogen-bond acceptors (Lipinski definition) is 4. The maximum atomic E-state index is 13.0. The average molecular weight is 465 g/mol. The summed E-state index contributed by atoms with van der Waals surface area (Å²) in [5.41, 5.74) is 4.56. The predicted octanol–water partition coefficient (Wildman–Crippen LogP) is 4.31. The highest BCUT2D eigenvalue weighted by Gasteiger charge is 2.34. The van der Waals surface area contributed by atoms with Crippen molar-refractivity contribution in [3.05, 3.63) is 59.7 Å². The van der Waals surface area contributed by atoms with Gasteiger partial charge in [-0.1, -0.05) is 68.8 Å². The smallest absolute Gasteiger partial charge is 0.407 e. The Morgan fingerprint density at radius 2 is 1.65 bits per heavy atom. The molecule has 0 bridgehead atoms. The van der Waals surface area contributed by atoms with Crippen molar-refractivity contribution in [2.45, 2.75) is 57.5 Å². The summed E-state index contributed by atoms with van der Waals surface area (Å²) in [5, 5.41) is 14.9. The van der Waals surface area contributed by atoms with Crippen molar-refractivity contribution in [2.24, 2.45) is 11.8 Å². The molecule has 2 aromatic carbocycles. The van der Waals surface area contributed by atoms with Crippen molar-refractivity contribution in [1.29, 1.82) is 0 Å². The van der Waals surface area contributed by atoms with E-state index in [9.17, 15) is 19.5 Å². The SMILES string of the molecule is CCC(C)C(NC(=O)OCC1c2ccccc2-c2ccccc21)C(=O)N[C@@H]1CC[C@H](C(=O)O)C1. The standard InChI is InChI=1S/C27H32N2O5/c1-3-16(2)24(25(30)28-18-13-12-17(14-18)26(31)32)29-27(33)34-15-23-21-10-6-4-8-19(21)20-9-5-7-11-22(20)23/h4-11,16-18,23-24H,3,12-15H2,1-2H3,(H,28,30)(H,29,33)(H,31,32)/t16?,17-,18+,24?/m0/s1. The molecule has 2 aromatic rings. The molecule has 3 N–H and O–H groups in total. The van der Waals surface area contributed by atoms with Crippen LogP contribution < -0.4 is 10.6 Å². The van der Waals surface area contributed by atoms with Crippen LogP contribution in [-0.2, 0) is 14.3 Å². The van der Waals surface area contributed by atoms with Gasteiger partial charge in [0, 0.05) is 12.0 Å². The summed E-state index contributed by atoms with van der Waals surface area (Å²) in [7, 11) is 0. The number of carbonyl (C=O) groups excluding carboxylic acids is 2. The highest BCUT2D eigenvalue weighted by molar-refractivity contribution is 5.86. The lowest BCUT2D eigenvalue weighted by Crippen LogP contribution is -2.52. The Labute approximate surface area is 199 Å². The molecule has 34 heavy (non-hydrogen) atoms. The second kappa shape index (κ2) is 10.3. The summed E-state index contributed by atoms with van der Waals surface area (Å²) in [4.78, 5) is 36.9. The molecule has 7 heteroatoms. The van der Waals surface area contributed by atoms with Crippen LogP contribution in [0.25, 0.3) is 11.1 Å². The summed E-state index contributed by atoms with van der Waals surface area (Å²) in [6.07, 6.45) is 1.66. The minimum Gasteiger partial charge on any atom is -0.481 e. The van der Waals surface area contributed by atoms with E-state index in [-0.39, 0.29) is 30.4 Å². The lowest BCUT2D eigenvalue weighted by atomic mass is 9.97. The van der Waals surface area contributed by atoms with Crippen LogP contribution in [0.4, 0.5) is 4.79 Å². The number of amides is 2. The van der Waals surface area contributed by atoms with Crippen molar-refractivity contribution >= 4 is 18.0 Å². The number of nitrogens with one attached hydrogen (secondary N) is 2. The van der Waals surface area contributed by atoms with Crippen LogP contribution in [0.5, 0.6) is 0 Å². The Morgan fingerprint density at radius 3 is 2.21 bits per heavy atom. The van der Waals surface area contributed by atoms with Crippen LogP contribution in [-0.4, -0.2) is 41.8 Å².